The molecule has 0 bridgehead atoms. The molecule has 0 rings (SSSR count). The van der Waals surface area contributed by atoms with Gasteiger partial charge < -0.3 is 0 Å². The van der Waals surface area contributed by atoms with Gasteiger partial charge in [0.15, 0.2) is 0 Å². The van der Waals surface area contributed by atoms with Gasteiger partial charge in [-0.15, -0.1) is 0 Å². The maximum Gasteiger partial charge on any atom is 0.270 e. The molecule has 0 fully saturated rings. The highest BCUT2D eigenvalue weighted by Gasteiger charge is 2.27. The molecule has 2 atom stereocenters. The lowest BCUT2D eigenvalue weighted by molar-refractivity contribution is 0.186. The van der Waals surface area contributed by atoms with Crippen LogP contribution in [0.2, 0.25) is 0 Å². The van der Waals surface area contributed by atoms with E-state index in [0.717, 1.165) is 77.3 Å². The molecule has 10 heteroatoms. The van der Waals surface area contributed by atoms with Gasteiger partial charge in [-0.2, -0.15) is 19.5 Å². The molecule has 2 unspecified atom stereocenters. The molecule has 0 heterocycles. The molecule has 0 aliphatic heterocycles. The van der Waals surface area contributed by atoms with Gasteiger partial charge >= 0.3 is 0 Å². The summed E-state index contributed by atoms with van der Waals surface area (Å²) in [6.45, 7) is 5.56. The second kappa shape index (κ2) is 18.7. The maximum absolute atomic E-state index is 12.7. The quantitative estimate of drug-likeness (QED) is 0.0702. The Morgan fingerprint density at radius 2 is 1.25 bits per heavy atom. The van der Waals surface area contributed by atoms with Crippen LogP contribution in [0.3, 0.4) is 0 Å². The second-order valence-corrected chi connectivity index (χ2v) is 9.04. The number of rotatable bonds is 21. The first-order chi connectivity index (χ1) is 13.5. The molecule has 170 valence electrons. The van der Waals surface area contributed by atoms with E-state index >= 15 is 0 Å². The van der Waals surface area contributed by atoms with Gasteiger partial charge in [-0.05, 0) is 38.5 Å². The highest BCUT2D eigenvalue weighted by molar-refractivity contribution is 7.87. The van der Waals surface area contributed by atoms with Crippen LogP contribution >= 0.6 is 0 Å². The average molecular weight is 425 g/mol. The van der Waals surface area contributed by atoms with Crippen molar-refractivity contribution >= 4 is 10.1 Å². The number of nitrogens with one attached hydrogen (secondary N) is 4. The summed E-state index contributed by atoms with van der Waals surface area (Å²) in [4.78, 5) is 0. The van der Waals surface area contributed by atoms with Crippen molar-refractivity contribution in [2.45, 2.75) is 102 Å². The van der Waals surface area contributed by atoms with Gasteiger partial charge in [-0.25, -0.2) is 10.9 Å². The minimum absolute atomic E-state index is 0.210. The van der Waals surface area contributed by atoms with Gasteiger partial charge in [0, 0.05) is 13.1 Å². The summed E-state index contributed by atoms with van der Waals surface area (Å²) < 4.78 is 30.9. The fraction of sp³-hybridized carbons (Fsp3) is 1.00. The lowest BCUT2D eigenvalue weighted by Crippen LogP contribution is -2.38. The van der Waals surface area contributed by atoms with E-state index in [1.54, 1.807) is 0 Å². The summed E-state index contributed by atoms with van der Waals surface area (Å²) in [6.07, 6.45) is 10.7. The molecular weight excluding hydrogens is 380 g/mol. The first kappa shape index (κ1) is 27.7. The summed E-state index contributed by atoms with van der Waals surface area (Å²) in [5.74, 6) is 10.3. The number of hydrazine groups is 4. The van der Waals surface area contributed by atoms with Gasteiger partial charge in [0.1, 0.15) is 0 Å². The SMILES string of the molecule is CCC(CCCCCCNNN)OS(=O)(=O)C(CC)CCCCCCNNN. The Morgan fingerprint density at radius 3 is 1.71 bits per heavy atom. The smallest absolute Gasteiger partial charge is 0.267 e. The molecular formula is C18H44N6O3S. The monoisotopic (exact) mass is 424 g/mol. The van der Waals surface area contributed by atoms with E-state index < -0.39 is 15.4 Å². The van der Waals surface area contributed by atoms with E-state index in [1.807, 2.05) is 13.8 Å². The highest BCUT2D eigenvalue weighted by atomic mass is 32.2. The van der Waals surface area contributed by atoms with Crippen LogP contribution in [0.4, 0.5) is 0 Å². The standard InChI is InChI=1S/C18H44N6O3S/c1-3-17(13-9-5-7-11-15-21-23-19)27-28(25,26)18(4-2)14-10-6-8-12-16-22-24-20/h17-18,21-24H,3-16,19-20H2,1-2H3. The topological polar surface area (TPSA) is 144 Å². The Kier molecular flexibility index (Phi) is 18.5. The molecule has 0 aliphatic rings. The van der Waals surface area contributed by atoms with Crippen molar-refractivity contribution in [1.82, 2.24) is 21.9 Å². The fourth-order valence-corrected chi connectivity index (χ4v) is 4.80. The minimum atomic E-state index is -3.51. The zero-order valence-corrected chi connectivity index (χ0v) is 18.7. The molecule has 0 aliphatic carbocycles. The van der Waals surface area contributed by atoms with E-state index in [9.17, 15) is 8.42 Å². The van der Waals surface area contributed by atoms with Gasteiger partial charge in [-0.1, -0.05) is 52.4 Å². The van der Waals surface area contributed by atoms with Crippen molar-refractivity contribution in [3.8, 4) is 0 Å². The van der Waals surface area contributed by atoms with E-state index in [1.165, 1.54) is 0 Å². The Balaban J connectivity index is 4.12. The predicted octanol–water partition coefficient (Wildman–Crippen LogP) is 1.73. The Labute approximate surface area is 172 Å². The minimum Gasteiger partial charge on any atom is -0.267 e. The molecule has 0 saturated carbocycles. The van der Waals surface area contributed by atoms with E-state index in [0.29, 0.717) is 12.8 Å². The van der Waals surface area contributed by atoms with Crippen LogP contribution in [0.1, 0.15) is 90.9 Å². The van der Waals surface area contributed by atoms with Crippen molar-refractivity contribution < 1.29 is 12.6 Å². The molecule has 0 saturated heterocycles. The zero-order valence-electron chi connectivity index (χ0n) is 17.8. The van der Waals surface area contributed by atoms with E-state index in [2.05, 4.69) is 21.9 Å². The predicted molar refractivity (Wildman–Crippen MR) is 115 cm³/mol. The molecule has 0 spiro atoms. The molecule has 28 heavy (non-hydrogen) atoms. The first-order valence-corrected chi connectivity index (χ1v) is 12.3. The van der Waals surface area contributed by atoms with Crippen molar-refractivity contribution in [3.05, 3.63) is 0 Å². The van der Waals surface area contributed by atoms with Gasteiger partial charge in [0.05, 0.1) is 11.4 Å². The number of unbranched alkanes of at least 4 members (excludes halogenated alkanes) is 6. The van der Waals surface area contributed by atoms with Crippen molar-refractivity contribution in [3.63, 3.8) is 0 Å². The number of hydrogen-bond acceptors (Lipinski definition) is 9. The van der Waals surface area contributed by atoms with Crippen molar-refractivity contribution in [2.75, 3.05) is 13.1 Å². The Hall–Kier alpha value is -0.330. The third kappa shape index (κ3) is 14.6. The van der Waals surface area contributed by atoms with Crippen LogP contribution in [-0.4, -0.2) is 32.9 Å². The first-order valence-electron chi connectivity index (χ1n) is 10.8. The number of nitrogens with two attached hydrogens (primary N) is 2. The summed E-state index contributed by atoms with van der Waals surface area (Å²) in [6, 6.07) is 0. The summed E-state index contributed by atoms with van der Waals surface area (Å²) >= 11 is 0. The largest absolute Gasteiger partial charge is 0.270 e. The van der Waals surface area contributed by atoms with Gasteiger partial charge in [-0.3, -0.25) is 15.9 Å². The van der Waals surface area contributed by atoms with Crippen LogP contribution < -0.4 is 33.6 Å². The van der Waals surface area contributed by atoms with E-state index in [4.69, 9.17) is 15.9 Å². The van der Waals surface area contributed by atoms with Gasteiger partial charge in [0.25, 0.3) is 10.1 Å². The fourth-order valence-electron chi connectivity index (χ4n) is 3.16. The van der Waals surface area contributed by atoms with Crippen LogP contribution in [0, 0.1) is 0 Å². The lowest BCUT2D eigenvalue weighted by atomic mass is 10.1. The summed E-state index contributed by atoms with van der Waals surface area (Å²) in [5.41, 5.74) is 10.5. The summed E-state index contributed by atoms with van der Waals surface area (Å²) in [5, 5.41) is -0.403. The van der Waals surface area contributed by atoms with Crippen LogP contribution in [0.15, 0.2) is 0 Å². The number of hydrogen-bond donors (Lipinski definition) is 6. The maximum atomic E-state index is 12.7. The van der Waals surface area contributed by atoms with Crippen LogP contribution in [0.25, 0.3) is 0 Å². The van der Waals surface area contributed by atoms with Crippen molar-refractivity contribution in [1.29, 1.82) is 0 Å². The lowest BCUT2D eigenvalue weighted by Gasteiger charge is -2.21. The molecule has 0 aromatic heterocycles. The van der Waals surface area contributed by atoms with Crippen LogP contribution in [0.5, 0.6) is 0 Å². The molecule has 0 amide bonds. The Bertz CT molecular complexity index is 439. The molecule has 0 radical (unpaired) electrons. The van der Waals surface area contributed by atoms with Gasteiger partial charge in [0.2, 0.25) is 0 Å². The molecule has 8 N–H and O–H groups in total. The average Bonchev–Trinajstić information content (AvgIpc) is 2.68. The van der Waals surface area contributed by atoms with E-state index in [-0.39, 0.29) is 6.10 Å². The normalized spacial score (nSPS) is 14.3. The summed E-state index contributed by atoms with van der Waals surface area (Å²) in [7, 11) is -3.51. The third-order valence-electron chi connectivity index (χ3n) is 4.95. The zero-order chi connectivity index (χ0) is 21.1. The second-order valence-electron chi connectivity index (χ2n) is 7.20. The molecule has 0 aromatic rings. The van der Waals surface area contributed by atoms with Crippen molar-refractivity contribution in [2.24, 2.45) is 11.7 Å². The third-order valence-corrected chi connectivity index (χ3v) is 6.87. The molecule has 9 nitrogen and oxygen atoms in total. The Morgan fingerprint density at radius 1 is 0.750 bits per heavy atom. The molecule has 0 aromatic carbocycles. The highest BCUT2D eigenvalue weighted by Crippen LogP contribution is 2.21. The van der Waals surface area contributed by atoms with Crippen LogP contribution in [-0.2, 0) is 14.3 Å².